The lowest BCUT2D eigenvalue weighted by molar-refractivity contribution is 0.0827. The van der Waals surface area contributed by atoms with E-state index in [4.69, 9.17) is 9.47 Å². The molecule has 1 saturated heterocycles. The lowest BCUT2D eigenvalue weighted by Crippen LogP contribution is -2.29. The third-order valence-corrected chi connectivity index (χ3v) is 8.92. The van der Waals surface area contributed by atoms with Gasteiger partial charge in [-0.15, -0.1) is 0 Å². The molecule has 7 nitrogen and oxygen atoms in total. The number of hydrogen-bond donors (Lipinski definition) is 2. The first-order chi connectivity index (χ1) is 17.8. The van der Waals surface area contributed by atoms with Crippen molar-refractivity contribution >= 4 is 27.2 Å². The van der Waals surface area contributed by atoms with Gasteiger partial charge in [-0.05, 0) is 53.9 Å². The van der Waals surface area contributed by atoms with Crippen molar-refractivity contribution in [1.29, 1.82) is 0 Å². The molecule has 3 aliphatic heterocycles. The third-order valence-electron chi connectivity index (χ3n) is 7.54. The van der Waals surface area contributed by atoms with E-state index in [1.165, 1.54) is 0 Å². The Morgan fingerprint density at radius 2 is 1.84 bits per heavy atom. The fraction of sp³-hybridized carbons (Fsp3) is 0.345. The molecular weight excluding hydrogens is 488 g/mol. The molecule has 0 spiro atoms. The van der Waals surface area contributed by atoms with E-state index >= 15 is 0 Å². The van der Waals surface area contributed by atoms with Crippen LogP contribution in [0.2, 0.25) is 0 Å². The third kappa shape index (κ3) is 4.38. The summed E-state index contributed by atoms with van der Waals surface area (Å²) >= 11 is 0. The maximum absolute atomic E-state index is 13.3. The molecule has 8 heteroatoms. The Balaban J connectivity index is 1.27. The summed E-state index contributed by atoms with van der Waals surface area (Å²) < 4.78 is 40.9. The van der Waals surface area contributed by atoms with Gasteiger partial charge < -0.3 is 14.8 Å². The fourth-order valence-corrected chi connectivity index (χ4v) is 6.68. The highest BCUT2D eigenvalue weighted by Gasteiger charge is 2.42. The molecule has 3 atom stereocenters. The van der Waals surface area contributed by atoms with Crippen LogP contribution in [0.5, 0.6) is 5.75 Å². The van der Waals surface area contributed by atoms with Crippen molar-refractivity contribution in [2.24, 2.45) is 11.8 Å². The summed E-state index contributed by atoms with van der Waals surface area (Å²) in [4.78, 5) is 12.6. The molecule has 2 N–H and O–H groups in total. The molecule has 0 amide bonds. The summed E-state index contributed by atoms with van der Waals surface area (Å²) in [5.74, 6) is 1.05. The number of sulfonamides is 1. The van der Waals surface area contributed by atoms with Crippen molar-refractivity contribution in [3.8, 4) is 5.75 Å². The monoisotopic (exact) mass is 518 g/mol. The van der Waals surface area contributed by atoms with Crippen molar-refractivity contribution in [3.63, 3.8) is 0 Å². The molecule has 37 heavy (non-hydrogen) atoms. The highest BCUT2D eigenvalue weighted by molar-refractivity contribution is 7.92. The summed E-state index contributed by atoms with van der Waals surface area (Å²) in [5.41, 5.74) is 5.05. The molecule has 6 rings (SSSR count). The number of carbonyl (C=O) groups excluding carboxylic acids is 1. The number of anilines is 2. The number of carbonyl (C=O) groups is 1. The molecule has 3 aromatic rings. The largest absolute Gasteiger partial charge is 0.493 e. The van der Waals surface area contributed by atoms with Crippen LogP contribution >= 0.6 is 0 Å². The fourth-order valence-electron chi connectivity index (χ4n) is 5.60. The van der Waals surface area contributed by atoms with Crippen LogP contribution in [0.3, 0.4) is 0 Å². The summed E-state index contributed by atoms with van der Waals surface area (Å²) in [6.07, 6.45) is 1.43. The van der Waals surface area contributed by atoms with Gasteiger partial charge in [-0.3, -0.25) is 9.52 Å². The average Bonchev–Trinajstić information content (AvgIpc) is 3.57. The molecule has 1 unspecified atom stereocenters. The van der Waals surface area contributed by atoms with Gasteiger partial charge in [0, 0.05) is 47.4 Å². The van der Waals surface area contributed by atoms with Crippen LogP contribution in [0.15, 0.2) is 65.6 Å². The zero-order valence-corrected chi connectivity index (χ0v) is 21.7. The van der Waals surface area contributed by atoms with Crippen LogP contribution < -0.4 is 14.8 Å². The van der Waals surface area contributed by atoms with Gasteiger partial charge in [0.2, 0.25) is 0 Å². The number of fused-ring (bicyclic) bond motifs is 4. The van der Waals surface area contributed by atoms with E-state index in [2.05, 4.69) is 10.0 Å². The molecule has 1 fully saturated rings. The minimum Gasteiger partial charge on any atom is -0.493 e. The minimum atomic E-state index is -3.78. The van der Waals surface area contributed by atoms with E-state index in [0.29, 0.717) is 24.5 Å². The summed E-state index contributed by atoms with van der Waals surface area (Å²) in [6, 6.07) is 18.4. The predicted molar refractivity (Wildman–Crippen MR) is 142 cm³/mol. The van der Waals surface area contributed by atoms with Gasteiger partial charge in [0.05, 0.1) is 23.6 Å². The molecular formula is C29H30N2O5S. The van der Waals surface area contributed by atoms with E-state index in [1.54, 1.807) is 24.3 Å². The SMILES string of the molecule is CC(C)C(=O)c1ccc(C2Nc3ccc(S(=O)(=O)Nc4ccc5c(c4)CCO5)cc3[C@H]3OCC[C@@H]23)cc1. The van der Waals surface area contributed by atoms with Crippen LogP contribution in [-0.2, 0) is 21.2 Å². The second-order valence-corrected chi connectivity index (χ2v) is 12.0. The number of Topliss-reactive ketones (excluding diaryl/α,β-unsaturated/α-hetero) is 1. The van der Waals surface area contributed by atoms with Crippen LogP contribution in [0, 0.1) is 11.8 Å². The Bertz CT molecular complexity index is 1470. The number of ketones is 1. The summed E-state index contributed by atoms with van der Waals surface area (Å²) in [7, 11) is -3.78. The lowest BCUT2D eigenvalue weighted by Gasteiger charge is -2.36. The summed E-state index contributed by atoms with van der Waals surface area (Å²) in [5, 5.41) is 3.62. The van der Waals surface area contributed by atoms with Crippen molar-refractivity contribution in [2.45, 2.75) is 43.7 Å². The van der Waals surface area contributed by atoms with Crippen molar-refractivity contribution in [1.82, 2.24) is 0 Å². The van der Waals surface area contributed by atoms with Gasteiger partial charge in [-0.25, -0.2) is 8.42 Å². The lowest BCUT2D eigenvalue weighted by atomic mass is 9.81. The maximum atomic E-state index is 13.3. The standard InChI is InChI=1S/C29H30N2O5S/c1-17(2)28(32)19-5-3-18(4-6-19)27-23-12-14-36-29(23)24-16-22(8-9-25(24)30-27)37(33,34)31-21-7-10-26-20(15-21)11-13-35-26/h3-10,15-17,23,27,29-31H,11-14H2,1-2H3/t23-,27?,29-/m0/s1. The van der Waals surface area contributed by atoms with Gasteiger partial charge in [0.1, 0.15) is 5.75 Å². The van der Waals surface area contributed by atoms with Crippen molar-refractivity contribution < 1.29 is 22.7 Å². The molecule has 3 aliphatic rings. The number of rotatable bonds is 6. The summed E-state index contributed by atoms with van der Waals surface area (Å²) in [6.45, 7) is 5.04. The second-order valence-electron chi connectivity index (χ2n) is 10.3. The Labute approximate surface area is 217 Å². The van der Waals surface area contributed by atoms with E-state index in [9.17, 15) is 13.2 Å². The highest BCUT2D eigenvalue weighted by Crippen LogP contribution is 2.50. The van der Waals surface area contributed by atoms with Crippen LogP contribution in [-0.4, -0.2) is 27.4 Å². The van der Waals surface area contributed by atoms with Gasteiger partial charge in [-0.2, -0.15) is 0 Å². The Morgan fingerprint density at radius 1 is 1.03 bits per heavy atom. The molecule has 192 valence electrons. The maximum Gasteiger partial charge on any atom is 0.261 e. The molecule has 3 heterocycles. The number of hydrogen-bond acceptors (Lipinski definition) is 6. The van der Waals surface area contributed by atoms with E-state index in [1.807, 2.05) is 50.2 Å². The highest BCUT2D eigenvalue weighted by atomic mass is 32.2. The number of nitrogens with one attached hydrogen (secondary N) is 2. The van der Waals surface area contributed by atoms with Crippen molar-refractivity contribution in [2.75, 3.05) is 23.3 Å². The number of ether oxygens (including phenoxy) is 2. The minimum absolute atomic E-state index is 0.0115. The first kappa shape index (κ1) is 24.0. The zero-order chi connectivity index (χ0) is 25.7. The normalized spacial score (nSPS) is 22.0. The molecule has 0 bridgehead atoms. The van der Waals surface area contributed by atoms with Gasteiger partial charge >= 0.3 is 0 Å². The van der Waals surface area contributed by atoms with Gasteiger partial charge in [0.25, 0.3) is 10.0 Å². The van der Waals surface area contributed by atoms with Crippen LogP contribution in [0.4, 0.5) is 11.4 Å². The van der Waals surface area contributed by atoms with Crippen LogP contribution in [0.1, 0.15) is 59.5 Å². The topological polar surface area (TPSA) is 93.7 Å². The Morgan fingerprint density at radius 3 is 2.62 bits per heavy atom. The molecule has 3 aromatic carbocycles. The Hall–Kier alpha value is -3.36. The van der Waals surface area contributed by atoms with Gasteiger partial charge in [-0.1, -0.05) is 38.1 Å². The zero-order valence-electron chi connectivity index (χ0n) is 20.9. The number of benzene rings is 3. The predicted octanol–water partition coefficient (Wildman–Crippen LogP) is 5.51. The van der Waals surface area contributed by atoms with Crippen molar-refractivity contribution in [3.05, 3.63) is 82.9 Å². The first-order valence-electron chi connectivity index (χ1n) is 12.7. The second kappa shape index (κ2) is 9.19. The van der Waals surface area contributed by atoms with E-state index in [-0.39, 0.29) is 34.7 Å². The molecule has 0 aromatic heterocycles. The first-order valence-corrected chi connectivity index (χ1v) is 14.2. The average molecular weight is 519 g/mol. The molecule has 0 radical (unpaired) electrons. The van der Waals surface area contributed by atoms with Gasteiger partial charge in [0.15, 0.2) is 5.78 Å². The Kier molecular flexibility index (Phi) is 5.96. The van der Waals surface area contributed by atoms with E-state index < -0.39 is 10.0 Å². The van der Waals surface area contributed by atoms with Crippen LogP contribution in [0.25, 0.3) is 0 Å². The smallest absolute Gasteiger partial charge is 0.261 e. The molecule has 0 aliphatic carbocycles. The quantitative estimate of drug-likeness (QED) is 0.418. The van der Waals surface area contributed by atoms with E-state index in [0.717, 1.165) is 41.0 Å². The molecule has 0 saturated carbocycles.